The van der Waals surface area contributed by atoms with E-state index >= 15 is 0 Å². The molecule has 0 amide bonds. The number of Topliss-reactive ketones (excluding diaryl/α,β-unsaturated/α-hetero) is 1. The maximum Gasteiger partial charge on any atom is 0.339 e. The summed E-state index contributed by atoms with van der Waals surface area (Å²) in [4.78, 5) is 11.2. The van der Waals surface area contributed by atoms with E-state index in [1.54, 1.807) is 0 Å². The van der Waals surface area contributed by atoms with Crippen LogP contribution in [0.2, 0.25) is 0 Å². The number of ketones is 1. The van der Waals surface area contributed by atoms with Gasteiger partial charge in [-0.2, -0.15) is 12.7 Å². The highest BCUT2D eigenvalue weighted by molar-refractivity contribution is 7.89. The van der Waals surface area contributed by atoms with Crippen molar-refractivity contribution >= 4 is 25.9 Å². The lowest BCUT2D eigenvalue weighted by molar-refractivity contribution is 0.101. The zero-order chi connectivity index (χ0) is 20.4. The first-order chi connectivity index (χ1) is 13.2. The number of nitrogens with zero attached hydrogens (tertiary/aromatic N) is 1. The SMILES string of the molecule is CC(=O)c1ccc(OS(=O)(=O)c2ccc(S(=O)(=O)N3CCCCC3)cc2)cc1. The molecule has 7 nitrogen and oxygen atoms in total. The maximum absolute atomic E-state index is 12.6. The van der Waals surface area contributed by atoms with E-state index in [2.05, 4.69) is 0 Å². The molecule has 150 valence electrons. The summed E-state index contributed by atoms with van der Waals surface area (Å²) in [5.74, 6) is -0.0741. The van der Waals surface area contributed by atoms with E-state index in [1.165, 1.54) is 59.8 Å². The second kappa shape index (κ2) is 8.02. The standard InChI is InChI=1S/C19H21NO6S2/c1-15(21)16-5-7-17(8-6-16)26-28(24,25)19-11-9-18(10-12-19)27(22,23)20-13-3-2-4-14-20/h5-12H,2-4,13-14H2,1H3. The van der Waals surface area contributed by atoms with Crippen LogP contribution in [0.25, 0.3) is 0 Å². The largest absolute Gasteiger partial charge is 0.379 e. The Morgan fingerprint density at radius 3 is 1.89 bits per heavy atom. The van der Waals surface area contributed by atoms with E-state index in [0.29, 0.717) is 18.7 Å². The van der Waals surface area contributed by atoms with E-state index in [9.17, 15) is 21.6 Å². The average Bonchev–Trinajstić information content (AvgIpc) is 2.69. The first kappa shape index (κ1) is 20.5. The van der Waals surface area contributed by atoms with Crippen molar-refractivity contribution in [2.24, 2.45) is 0 Å². The van der Waals surface area contributed by atoms with Crippen LogP contribution in [-0.2, 0) is 20.1 Å². The Labute approximate surface area is 165 Å². The topological polar surface area (TPSA) is 97.8 Å². The van der Waals surface area contributed by atoms with Gasteiger partial charge < -0.3 is 4.18 Å². The molecule has 28 heavy (non-hydrogen) atoms. The van der Waals surface area contributed by atoms with Gasteiger partial charge in [0, 0.05) is 18.7 Å². The second-order valence-electron chi connectivity index (χ2n) is 6.55. The maximum atomic E-state index is 12.6. The molecule has 9 heteroatoms. The molecule has 0 bridgehead atoms. The molecule has 0 aromatic heterocycles. The van der Waals surface area contributed by atoms with Crippen LogP contribution in [-0.4, -0.2) is 40.0 Å². The van der Waals surface area contributed by atoms with Crippen molar-refractivity contribution in [2.75, 3.05) is 13.1 Å². The van der Waals surface area contributed by atoms with Gasteiger partial charge in [-0.15, -0.1) is 0 Å². The van der Waals surface area contributed by atoms with Crippen LogP contribution in [0.1, 0.15) is 36.5 Å². The normalized spacial score (nSPS) is 15.9. The molecule has 0 atom stereocenters. The van der Waals surface area contributed by atoms with E-state index in [0.717, 1.165) is 19.3 Å². The fourth-order valence-electron chi connectivity index (χ4n) is 2.95. The Morgan fingerprint density at radius 1 is 0.821 bits per heavy atom. The van der Waals surface area contributed by atoms with Crippen LogP contribution in [0.15, 0.2) is 58.3 Å². The van der Waals surface area contributed by atoms with Crippen molar-refractivity contribution in [3.63, 3.8) is 0 Å². The highest BCUT2D eigenvalue weighted by Gasteiger charge is 2.26. The van der Waals surface area contributed by atoms with Crippen molar-refractivity contribution < 1.29 is 25.8 Å². The Balaban J connectivity index is 1.78. The highest BCUT2D eigenvalue weighted by Crippen LogP contribution is 2.24. The van der Waals surface area contributed by atoms with Gasteiger partial charge >= 0.3 is 10.1 Å². The molecule has 0 aliphatic carbocycles. The third-order valence-corrected chi connectivity index (χ3v) is 7.71. The van der Waals surface area contributed by atoms with Crippen LogP contribution < -0.4 is 4.18 Å². The van der Waals surface area contributed by atoms with E-state index in [1.807, 2.05) is 0 Å². The number of sulfonamides is 1. The molecule has 3 rings (SSSR count). The van der Waals surface area contributed by atoms with Gasteiger partial charge in [0.1, 0.15) is 10.6 Å². The number of carbonyl (C=O) groups is 1. The molecule has 1 heterocycles. The molecular weight excluding hydrogens is 402 g/mol. The molecule has 0 saturated carbocycles. The van der Waals surface area contributed by atoms with Gasteiger partial charge in [0.05, 0.1) is 4.90 Å². The molecular formula is C19H21NO6S2. The second-order valence-corrected chi connectivity index (χ2v) is 10.0. The first-order valence-corrected chi connectivity index (χ1v) is 11.7. The van der Waals surface area contributed by atoms with Gasteiger partial charge in [-0.05, 0) is 68.3 Å². The van der Waals surface area contributed by atoms with Gasteiger partial charge in [0.25, 0.3) is 0 Å². The van der Waals surface area contributed by atoms with Crippen LogP contribution in [0.3, 0.4) is 0 Å². The summed E-state index contributed by atoms with van der Waals surface area (Å²) in [6.45, 7) is 2.36. The molecule has 0 spiro atoms. The van der Waals surface area contributed by atoms with Gasteiger partial charge in [-0.3, -0.25) is 4.79 Å². The molecule has 0 unspecified atom stereocenters. The Morgan fingerprint density at radius 2 is 1.36 bits per heavy atom. The minimum absolute atomic E-state index is 0.0548. The summed E-state index contributed by atoms with van der Waals surface area (Å²) in [5, 5.41) is 0. The smallest absolute Gasteiger partial charge is 0.339 e. The summed E-state index contributed by atoms with van der Waals surface area (Å²) in [6, 6.07) is 10.7. The summed E-state index contributed by atoms with van der Waals surface area (Å²) < 4.78 is 56.6. The van der Waals surface area contributed by atoms with E-state index < -0.39 is 20.1 Å². The lowest BCUT2D eigenvalue weighted by atomic mass is 10.1. The van der Waals surface area contributed by atoms with Crippen molar-refractivity contribution in [1.29, 1.82) is 0 Å². The summed E-state index contributed by atoms with van der Waals surface area (Å²) in [7, 11) is -7.76. The molecule has 1 aliphatic heterocycles. The quantitative estimate of drug-likeness (QED) is 0.523. The van der Waals surface area contributed by atoms with E-state index in [-0.39, 0.29) is 21.3 Å². The molecule has 1 aliphatic rings. The predicted molar refractivity (Wildman–Crippen MR) is 103 cm³/mol. The summed E-state index contributed by atoms with van der Waals surface area (Å²) >= 11 is 0. The van der Waals surface area contributed by atoms with Crippen LogP contribution in [0, 0.1) is 0 Å². The minimum Gasteiger partial charge on any atom is -0.379 e. The van der Waals surface area contributed by atoms with Crippen molar-refractivity contribution in [2.45, 2.75) is 36.0 Å². The first-order valence-electron chi connectivity index (χ1n) is 8.86. The van der Waals surface area contributed by atoms with Gasteiger partial charge in [-0.1, -0.05) is 6.42 Å². The Hall–Kier alpha value is -2.23. The zero-order valence-electron chi connectivity index (χ0n) is 15.4. The van der Waals surface area contributed by atoms with Crippen molar-refractivity contribution in [3.05, 3.63) is 54.1 Å². The summed E-state index contributed by atoms with van der Waals surface area (Å²) in [5.41, 5.74) is 0.442. The summed E-state index contributed by atoms with van der Waals surface area (Å²) in [6.07, 6.45) is 2.65. The minimum atomic E-state index is -4.13. The number of benzene rings is 2. The van der Waals surface area contributed by atoms with Gasteiger partial charge in [-0.25, -0.2) is 8.42 Å². The molecule has 0 N–H and O–H groups in total. The lowest BCUT2D eigenvalue weighted by Gasteiger charge is -2.25. The molecule has 2 aromatic rings. The number of rotatable bonds is 6. The number of hydrogen-bond donors (Lipinski definition) is 0. The lowest BCUT2D eigenvalue weighted by Crippen LogP contribution is -2.35. The fourth-order valence-corrected chi connectivity index (χ4v) is 5.40. The van der Waals surface area contributed by atoms with Crippen LogP contribution >= 0.6 is 0 Å². The molecule has 0 radical (unpaired) electrons. The van der Waals surface area contributed by atoms with Crippen LogP contribution in [0.4, 0.5) is 0 Å². The van der Waals surface area contributed by atoms with Crippen molar-refractivity contribution in [3.8, 4) is 5.75 Å². The van der Waals surface area contributed by atoms with Crippen molar-refractivity contribution in [1.82, 2.24) is 4.31 Å². The van der Waals surface area contributed by atoms with Gasteiger partial charge in [0.15, 0.2) is 5.78 Å². The predicted octanol–water partition coefficient (Wildman–Crippen LogP) is 2.83. The monoisotopic (exact) mass is 423 g/mol. The Kier molecular flexibility index (Phi) is 5.87. The van der Waals surface area contributed by atoms with E-state index in [4.69, 9.17) is 4.18 Å². The third-order valence-electron chi connectivity index (χ3n) is 4.53. The average molecular weight is 424 g/mol. The third kappa shape index (κ3) is 4.43. The molecule has 1 fully saturated rings. The zero-order valence-corrected chi connectivity index (χ0v) is 17.0. The molecule has 1 saturated heterocycles. The van der Waals surface area contributed by atoms with Gasteiger partial charge in [0.2, 0.25) is 10.0 Å². The number of piperidine rings is 1. The van der Waals surface area contributed by atoms with Crippen LogP contribution in [0.5, 0.6) is 5.75 Å². The fraction of sp³-hybridized carbons (Fsp3) is 0.316. The number of hydrogen-bond acceptors (Lipinski definition) is 6. The number of carbonyl (C=O) groups excluding carboxylic acids is 1. The highest BCUT2D eigenvalue weighted by atomic mass is 32.2. The Bertz CT molecular complexity index is 1050. The molecule has 2 aromatic carbocycles.